The Hall–Kier alpha value is -0.210. The van der Waals surface area contributed by atoms with E-state index in [1.165, 1.54) is 0 Å². The third kappa shape index (κ3) is 46.9. The van der Waals surface area contributed by atoms with E-state index in [2.05, 4.69) is 22.9 Å². The molecule has 41 heavy (non-hydrogen) atoms. The fraction of sp³-hybridized carbons (Fsp3) is 1.00. The molecule has 0 aliphatic heterocycles. The Kier molecular flexibility index (Phi) is 44.0. The van der Waals surface area contributed by atoms with Gasteiger partial charge in [0.25, 0.3) is 0 Å². The van der Waals surface area contributed by atoms with Gasteiger partial charge in [-0.25, -0.2) is 4.57 Å². The Bertz CT molecular complexity index is 478. The maximum atomic E-state index is 10.5. The molecule has 13 heteroatoms. The highest BCUT2D eigenvalue weighted by Gasteiger charge is 2.17. The molecular weight excluding hydrogens is 559 g/mol. The maximum absolute atomic E-state index is 10.5. The summed E-state index contributed by atoms with van der Waals surface area (Å²) < 4.78 is 39.7. The van der Waals surface area contributed by atoms with Gasteiger partial charge in [0.1, 0.15) is 0 Å². The highest BCUT2D eigenvalue weighted by Crippen LogP contribution is 2.42. The summed E-state index contributed by atoms with van der Waals surface area (Å²) in [7, 11) is -3.69. The summed E-state index contributed by atoms with van der Waals surface area (Å²) in [5.74, 6) is 0. The number of aliphatic hydroxyl groups excluding tert-OH is 4. The van der Waals surface area contributed by atoms with Crippen molar-refractivity contribution in [1.29, 1.82) is 0 Å². The molecule has 0 aromatic heterocycles. The Morgan fingerprint density at radius 2 is 0.780 bits per heavy atom. The van der Waals surface area contributed by atoms with Crippen LogP contribution in [0, 0.1) is 0 Å². The summed E-state index contributed by atoms with van der Waals surface area (Å²) in [5, 5.41) is 36.3. The van der Waals surface area contributed by atoms with E-state index in [0.29, 0.717) is 65.3 Å². The molecular formula is C28H65O12P. The molecule has 5 N–H and O–H groups in total. The minimum Gasteiger partial charge on any atom is -0.391 e. The van der Waals surface area contributed by atoms with E-state index in [4.69, 9.17) is 44.3 Å². The van der Waals surface area contributed by atoms with Crippen LogP contribution in [0.5, 0.6) is 0 Å². The average molecular weight is 625 g/mol. The summed E-state index contributed by atoms with van der Waals surface area (Å²) in [6.45, 7) is 19.6. The van der Waals surface area contributed by atoms with Crippen LogP contribution in [0.3, 0.4) is 0 Å². The summed E-state index contributed by atoms with van der Waals surface area (Å²) in [6, 6.07) is 0. The zero-order valence-corrected chi connectivity index (χ0v) is 28.1. The lowest BCUT2D eigenvalue weighted by Gasteiger charge is -2.11. The lowest BCUT2D eigenvalue weighted by atomic mass is 10.3. The first kappa shape index (κ1) is 47.7. The average Bonchev–Trinajstić information content (AvgIpc) is 2.95. The van der Waals surface area contributed by atoms with Gasteiger partial charge in [0.15, 0.2) is 0 Å². The minimum atomic E-state index is -3.69. The van der Waals surface area contributed by atoms with Crippen LogP contribution in [-0.2, 0) is 32.6 Å². The van der Waals surface area contributed by atoms with Crippen molar-refractivity contribution in [3.63, 3.8) is 0 Å². The molecule has 0 heterocycles. The molecule has 0 saturated heterocycles. The predicted molar refractivity (Wildman–Crippen MR) is 162 cm³/mol. The topological polar surface area (TPSA) is 174 Å². The van der Waals surface area contributed by atoms with Gasteiger partial charge in [0, 0.05) is 13.2 Å². The second kappa shape index (κ2) is 37.8. The SMILES string of the molecule is CCC(O)COCC(O)CC.CCC(O)COCCOCC(O)CC.CCCOCCC.CCOP(=O)(O)OCC. The van der Waals surface area contributed by atoms with Gasteiger partial charge in [-0.2, -0.15) is 0 Å². The Morgan fingerprint density at radius 3 is 1.02 bits per heavy atom. The van der Waals surface area contributed by atoms with E-state index < -0.39 is 7.82 Å². The van der Waals surface area contributed by atoms with Crippen molar-refractivity contribution in [2.75, 3.05) is 66.1 Å². The molecule has 12 nitrogen and oxygen atoms in total. The number of hydrogen-bond acceptors (Lipinski definition) is 11. The molecule has 0 amide bonds. The summed E-state index contributed by atoms with van der Waals surface area (Å²) >= 11 is 0. The summed E-state index contributed by atoms with van der Waals surface area (Å²) in [5.41, 5.74) is 0. The van der Waals surface area contributed by atoms with E-state index in [1.807, 2.05) is 27.7 Å². The van der Waals surface area contributed by atoms with Crippen molar-refractivity contribution in [3.8, 4) is 0 Å². The molecule has 254 valence electrons. The molecule has 0 radical (unpaired) electrons. The van der Waals surface area contributed by atoms with Crippen molar-refractivity contribution in [2.45, 2.75) is 118 Å². The molecule has 0 aromatic rings. The molecule has 0 fully saturated rings. The fourth-order valence-electron chi connectivity index (χ4n) is 2.12. The first-order valence-electron chi connectivity index (χ1n) is 15.1. The molecule has 0 bridgehead atoms. The number of aliphatic hydroxyl groups is 4. The highest BCUT2D eigenvalue weighted by atomic mass is 31.2. The number of rotatable bonds is 23. The Labute approximate surface area is 250 Å². The largest absolute Gasteiger partial charge is 0.472 e. The van der Waals surface area contributed by atoms with E-state index in [1.54, 1.807) is 13.8 Å². The molecule has 0 aliphatic carbocycles. The zero-order chi connectivity index (χ0) is 32.4. The van der Waals surface area contributed by atoms with Crippen molar-refractivity contribution >= 4 is 7.82 Å². The zero-order valence-electron chi connectivity index (χ0n) is 27.2. The molecule has 4 unspecified atom stereocenters. The molecule has 4 atom stereocenters. The maximum Gasteiger partial charge on any atom is 0.472 e. The lowest BCUT2D eigenvalue weighted by molar-refractivity contribution is -0.0177. The monoisotopic (exact) mass is 624 g/mol. The van der Waals surface area contributed by atoms with Gasteiger partial charge in [-0.3, -0.25) is 9.05 Å². The van der Waals surface area contributed by atoms with E-state index in [9.17, 15) is 4.57 Å². The quantitative estimate of drug-likeness (QED) is 0.0815. The van der Waals surface area contributed by atoms with Crippen LogP contribution in [-0.4, -0.2) is 116 Å². The van der Waals surface area contributed by atoms with Gasteiger partial charge in [-0.1, -0.05) is 41.5 Å². The van der Waals surface area contributed by atoms with Crippen LogP contribution in [0.2, 0.25) is 0 Å². The van der Waals surface area contributed by atoms with Crippen molar-refractivity contribution in [2.24, 2.45) is 0 Å². The summed E-state index contributed by atoms with van der Waals surface area (Å²) in [6.07, 6.45) is 3.54. The highest BCUT2D eigenvalue weighted by molar-refractivity contribution is 7.47. The number of phosphoric ester groups is 1. The van der Waals surface area contributed by atoms with Gasteiger partial charge in [-0.05, 0) is 52.4 Å². The van der Waals surface area contributed by atoms with Crippen LogP contribution in [0.25, 0.3) is 0 Å². The van der Waals surface area contributed by atoms with Crippen LogP contribution in [0.4, 0.5) is 0 Å². The van der Waals surface area contributed by atoms with Crippen LogP contribution >= 0.6 is 7.82 Å². The van der Waals surface area contributed by atoms with Crippen LogP contribution < -0.4 is 0 Å². The molecule has 0 aromatic carbocycles. The van der Waals surface area contributed by atoms with Crippen molar-refractivity contribution in [3.05, 3.63) is 0 Å². The Balaban J connectivity index is -0.000000230. The molecule has 0 spiro atoms. The van der Waals surface area contributed by atoms with E-state index in [0.717, 1.165) is 26.1 Å². The van der Waals surface area contributed by atoms with Crippen molar-refractivity contribution in [1.82, 2.24) is 0 Å². The van der Waals surface area contributed by atoms with Gasteiger partial charge in [-0.15, -0.1) is 0 Å². The third-order valence-corrected chi connectivity index (χ3v) is 5.95. The van der Waals surface area contributed by atoms with Gasteiger partial charge < -0.3 is 44.3 Å². The smallest absolute Gasteiger partial charge is 0.391 e. The van der Waals surface area contributed by atoms with Gasteiger partial charge in [0.2, 0.25) is 0 Å². The molecule has 0 rings (SSSR count). The van der Waals surface area contributed by atoms with Crippen LogP contribution in [0.1, 0.15) is 93.9 Å². The fourth-order valence-corrected chi connectivity index (χ4v) is 2.85. The number of phosphoric acid groups is 1. The molecule has 0 aliphatic rings. The minimum absolute atomic E-state index is 0.188. The van der Waals surface area contributed by atoms with Gasteiger partial charge >= 0.3 is 7.82 Å². The first-order valence-corrected chi connectivity index (χ1v) is 16.6. The number of hydrogen-bond donors (Lipinski definition) is 5. The van der Waals surface area contributed by atoms with Crippen LogP contribution in [0.15, 0.2) is 0 Å². The number of ether oxygens (including phenoxy) is 4. The van der Waals surface area contributed by atoms with E-state index in [-0.39, 0.29) is 37.6 Å². The Morgan fingerprint density at radius 1 is 0.488 bits per heavy atom. The molecule has 0 saturated carbocycles. The lowest BCUT2D eigenvalue weighted by Crippen LogP contribution is -2.20. The van der Waals surface area contributed by atoms with Gasteiger partial charge in [0.05, 0.1) is 77.3 Å². The normalized spacial score (nSPS) is 13.9. The van der Waals surface area contributed by atoms with Crippen molar-refractivity contribution < 1.29 is 57.9 Å². The van der Waals surface area contributed by atoms with E-state index >= 15 is 0 Å². The predicted octanol–water partition coefficient (Wildman–Crippen LogP) is 4.09. The summed E-state index contributed by atoms with van der Waals surface area (Å²) in [4.78, 5) is 8.63. The first-order chi connectivity index (χ1) is 19.4. The second-order valence-electron chi connectivity index (χ2n) is 8.85. The second-order valence-corrected chi connectivity index (χ2v) is 10.3. The standard InChI is InChI=1S/C10H22O4.C8H18O3.C6H14O.C4H11O4P/c1-3-9(11)7-13-5-6-14-8-10(12)4-2;1-3-7(9)5-11-6-8(10)4-2;1-3-5-7-6-4-2;1-3-7-9(5,6)8-4-2/h9-12H,3-8H2,1-2H3;7-10H,3-6H2,1-2H3;3-6H2,1-2H3;3-4H2,1-2H3,(H,5,6). The third-order valence-electron chi connectivity index (χ3n) is 4.78.